The van der Waals surface area contributed by atoms with E-state index in [1.807, 2.05) is 19.1 Å². The van der Waals surface area contributed by atoms with Gasteiger partial charge < -0.3 is 18.6 Å². The van der Waals surface area contributed by atoms with Crippen molar-refractivity contribution in [1.29, 1.82) is 0 Å². The molecule has 0 bridgehead atoms. The molecule has 146 valence electrons. The number of esters is 1. The van der Waals surface area contributed by atoms with E-state index in [9.17, 15) is 9.59 Å². The summed E-state index contributed by atoms with van der Waals surface area (Å²) >= 11 is 0. The van der Waals surface area contributed by atoms with Crippen LogP contribution in [0.25, 0.3) is 22.1 Å². The molecule has 3 aromatic rings. The van der Waals surface area contributed by atoms with E-state index in [1.54, 1.807) is 51.3 Å². The van der Waals surface area contributed by atoms with Gasteiger partial charge in [-0.25, -0.2) is 9.59 Å². The van der Waals surface area contributed by atoms with Crippen LogP contribution in [0.15, 0.2) is 51.7 Å². The minimum Gasteiger partial charge on any atom is -0.497 e. The van der Waals surface area contributed by atoms with Gasteiger partial charge in [-0.15, -0.1) is 0 Å². The van der Waals surface area contributed by atoms with Crippen LogP contribution in [0.5, 0.6) is 11.5 Å². The van der Waals surface area contributed by atoms with Crippen LogP contribution in [0.4, 0.5) is 0 Å². The average molecular weight is 382 g/mol. The fourth-order valence-corrected chi connectivity index (χ4v) is 3.01. The molecule has 6 nitrogen and oxygen atoms in total. The van der Waals surface area contributed by atoms with Gasteiger partial charge in [-0.05, 0) is 62.2 Å². The van der Waals surface area contributed by atoms with Crippen molar-refractivity contribution in [1.82, 2.24) is 0 Å². The number of carbonyl (C=O) groups excluding carboxylic acids is 1. The molecule has 6 heteroatoms. The van der Waals surface area contributed by atoms with Gasteiger partial charge in [0.1, 0.15) is 17.1 Å². The highest BCUT2D eigenvalue weighted by Crippen LogP contribution is 2.30. The maximum Gasteiger partial charge on any atom is 0.347 e. The lowest BCUT2D eigenvalue weighted by molar-refractivity contribution is -0.150. The van der Waals surface area contributed by atoms with Gasteiger partial charge in [0.15, 0.2) is 6.10 Å². The van der Waals surface area contributed by atoms with Gasteiger partial charge in [0.2, 0.25) is 0 Å². The number of rotatable bonds is 6. The van der Waals surface area contributed by atoms with Crippen LogP contribution >= 0.6 is 0 Å². The van der Waals surface area contributed by atoms with Gasteiger partial charge in [-0.1, -0.05) is 12.1 Å². The molecule has 0 aliphatic carbocycles. The maximum absolute atomic E-state index is 12.5. The molecule has 1 aromatic heterocycles. The van der Waals surface area contributed by atoms with Gasteiger partial charge in [0, 0.05) is 5.39 Å². The molecule has 0 radical (unpaired) electrons. The minimum absolute atomic E-state index is 0.291. The van der Waals surface area contributed by atoms with Crippen molar-refractivity contribution in [3.05, 3.63) is 58.4 Å². The SMILES string of the molecule is CCOC(=O)[C@@H](C)Oc1ccc2oc(=O)c(-c3ccc(OC)cc3)c(C)c2c1. The van der Waals surface area contributed by atoms with E-state index >= 15 is 0 Å². The summed E-state index contributed by atoms with van der Waals surface area (Å²) in [5.74, 6) is 0.763. The Bertz CT molecular complexity index is 1050. The van der Waals surface area contributed by atoms with Crippen molar-refractivity contribution in [3.8, 4) is 22.6 Å². The molecule has 0 aliphatic heterocycles. The zero-order valence-electron chi connectivity index (χ0n) is 16.3. The van der Waals surface area contributed by atoms with Gasteiger partial charge in [-0.2, -0.15) is 0 Å². The Morgan fingerprint density at radius 1 is 1.11 bits per heavy atom. The molecule has 0 saturated heterocycles. The standard InChI is InChI=1S/C22H22O6/c1-5-26-21(23)14(3)27-17-10-11-19-18(12-17)13(2)20(22(24)28-19)15-6-8-16(25-4)9-7-15/h6-12,14H,5H2,1-4H3/t14-/m1/s1. The summed E-state index contributed by atoms with van der Waals surface area (Å²) in [5.41, 5.74) is 2.02. The molecule has 0 spiro atoms. The van der Waals surface area contributed by atoms with Crippen molar-refractivity contribution in [3.63, 3.8) is 0 Å². The van der Waals surface area contributed by atoms with E-state index in [0.29, 0.717) is 29.3 Å². The molecule has 0 aliphatic rings. The Balaban J connectivity index is 2.02. The first-order valence-corrected chi connectivity index (χ1v) is 8.99. The zero-order chi connectivity index (χ0) is 20.3. The highest BCUT2D eigenvalue weighted by Gasteiger charge is 2.18. The van der Waals surface area contributed by atoms with E-state index < -0.39 is 17.7 Å². The molecule has 0 amide bonds. The summed E-state index contributed by atoms with van der Waals surface area (Å²) in [6.07, 6.45) is -0.741. The summed E-state index contributed by atoms with van der Waals surface area (Å²) in [4.78, 5) is 24.3. The van der Waals surface area contributed by atoms with E-state index in [4.69, 9.17) is 18.6 Å². The number of methoxy groups -OCH3 is 1. The number of fused-ring (bicyclic) bond motifs is 1. The molecular weight excluding hydrogens is 360 g/mol. The first-order valence-electron chi connectivity index (χ1n) is 8.99. The van der Waals surface area contributed by atoms with Crippen molar-refractivity contribution in [2.75, 3.05) is 13.7 Å². The largest absolute Gasteiger partial charge is 0.497 e. The minimum atomic E-state index is -0.741. The maximum atomic E-state index is 12.5. The number of benzene rings is 2. The first kappa shape index (κ1) is 19.5. The molecule has 0 saturated carbocycles. The van der Waals surface area contributed by atoms with Gasteiger partial charge >= 0.3 is 11.6 Å². The molecule has 3 rings (SSSR count). The Labute approximate surface area is 162 Å². The first-order chi connectivity index (χ1) is 13.4. The summed E-state index contributed by atoms with van der Waals surface area (Å²) in [6.45, 7) is 5.52. The molecule has 0 N–H and O–H groups in total. The fourth-order valence-electron chi connectivity index (χ4n) is 3.01. The fraction of sp³-hybridized carbons (Fsp3) is 0.273. The molecule has 2 aromatic carbocycles. The Hall–Kier alpha value is -3.28. The van der Waals surface area contributed by atoms with Crippen molar-refractivity contribution in [2.24, 2.45) is 0 Å². The summed E-state index contributed by atoms with van der Waals surface area (Å²) in [6, 6.07) is 12.3. The van der Waals surface area contributed by atoms with Crippen LogP contribution < -0.4 is 15.1 Å². The predicted octanol–water partition coefficient (Wildman–Crippen LogP) is 4.11. The number of hydrogen-bond donors (Lipinski definition) is 0. The third-order valence-electron chi connectivity index (χ3n) is 4.45. The third-order valence-corrected chi connectivity index (χ3v) is 4.45. The average Bonchev–Trinajstić information content (AvgIpc) is 2.69. The van der Waals surface area contributed by atoms with Crippen LogP contribution in [0.1, 0.15) is 19.4 Å². The van der Waals surface area contributed by atoms with Gasteiger partial charge in [0.05, 0.1) is 19.3 Å². The van der Waals surface area contributed by atoms with Gasteiger partial charge in [-0.3, -0.25) is 0 Å². The monoisotopic (exact) mass is 382 g/mol. The Kier molecular flexibility index (Phi) is 5.68. The lowest BCUT2D eigenvalue weighted by Gasteiger charge is -2.14. The highest BCUT2D eigenvalue weighted by atomic mass is 16.6. The summed E-state index contributed by atoms with van der Waals surface area (Å²) in [7, 11) is 1.59. The Morgan fingerprint density at radius 2 is 1.79 bits per heavy atom. The van der Waals surface area contributed by atoms with Crippen molar-refractivity contribution in [2.45, 2.75) is 26.9 Å². The van der Waals surface area contributed by atoms with E-state index in [-0.39, 0.29) is 0 Å². The van der Waals surface area contributed by atoms with E-state index in [1.165, 1.54) is 0 Å². The predicted molar refractivity (Wildman–Crippen MR) is 106 cm³/mol. The molecule has 0 fully saturated rings. The summed E-state index contributed by atoms with van der Waals surface area (Å²) < 4.78 is 21.3. The van der Waals surface area contributed by atoms with Crippen LogP contribution in [0, 0.1) is 6.92 Å². The Morgan fingerprint density at radius 3 is 2.43 bits per heavy atom. The normalized spacial score (nSPS) is 11.9. The lowest BCUT2D eigenvalue weighted by Crippen LogP contribution is -2.26. The third kappa shape index (κ3) is 3.86. The highest BCUT2D eigenvalue weighted by molar-refractivity contribution is 5.87. The number of hydrogen-bond acceptors (Lipinski definition) is 6. The molecular formula is C22H22O6. The quantitative estimate of drug-likeness (QED) is 0.472. The number of ether oxygens (including phenoxy) is 3. The van der Waals surface area contributed by atoms with Crippen molar-refractivity contribution < 1.29 is 23.4 Å². The van der Waals surface area contributed by atoms with Gasteiger partial charge in [0.25, 0.3) is 0 Å². The van der Waals surface area contributed by atoms with Crippen LogP contribution in [0.3, 0.4) is 0 Å². The zero-order valence-corrected chi connectivity index (χ0v) is 16.3. The summed E-state index contributed by atoms with van der Waals surface area (Å²) in [5, 5.41) is 0.735. The number of carbonyl (C=O) groups is 1. The molecule has 1 atom stereocenters. The molecule has 1 heterocycles. The lowest BCUT2D eigenvalue weighted by atomic mass is 9.99. The molecule has 28 heavy (non-hydrogen) atoms. The second-order valence-corrected chi connectivity index (χ2v) is 6.29. The van der Waals surface area contributed by atoms with Crippen LogP contribution in [0.2, 0.25) is 0 Å². The van der Waals surface area contributed by atoms with E-state index in [2.05, 4.69) is 0 Å². The second-order valence-electron chi connectivity index (χ2n) is 6.29. The van der Waals surface area contributed by atoms with Crippen molar-refractivity contribution >= 4 is 16.9 Å². The second kappa shape index (κ2) is 8.17. The topological polar surface area (TPSA) is 75.0 Å². The number of aryl methyl sites for hydroxylation is 1. The smallest absolute Gasteiger partial charge is 0.347 e. The van der Waals surface area contributed by atoms with Crippen LogP contribution in [-0.2, 0) is 9.53 Å². The molecule has 0 unspecified atom stereocenters. The van der Waals surface area contributed by atoms with E-state index in [0.717, 1.165) is 16.5 Å². The van der Waals surface area contributed by atoms with Crippen LogP contribution in [-0.4, -0.2) is 25.8 Å².